The standard InChI is InChI=1S/C18H27N7O.HI/c1-3-16-24-23-13-25(16)9-8-20-18(19-2)22-11-15-6-7-17(21-10-15)26-12-14-4-5-14;/h6-7,10,13-14H,3-5,8-9,11-12H2,1-2H3,(H2,19,20,22);1H. The molecule has 1 aliphatic carbocycles. The number of hydrogen-bond acceptors (Lipinski definition) is 5. The fourth-order valence-corrected chi connectivity index (χ4v) is 2.53. The lowest BCUT2D eigenvalue weighted by Crippen LogP contribution is -2.38. The number of rotatable bonds is 9. The van der Waals surface area contributed by atoms with E-state index in [2.05, 4.69) is 37.7 Å². The maximum Gasteiger partial charge on any atom is 0.213 e. The fourth-order valence-electron chi connectivity index (χ4n) is 2.53. The molecule has 0 radical (unpaired) electrons. The van der Waals surface area contributed by atoms with E-state index in [0.717, 1.165) is 49.4 Å². The first-order valence-corrected chi connectivity index (χ1v) is 9.17. The molecule has 148 valence electrons. The van der Waals surface area contributed by atoms with Crippen molar-refractivity contribution in [3.63, 3.8) is 0 Å². The van der Waals surface area contributed by atoms with Gasteiger partial charge < -0.3 is 19.9 Å². The van der Waals surface area contributed by atoms with Gasteiger partial charge in [0.15, 0.2) is 5.96 Å². The minimum Gasteiger partial charge on any atom is -0.477 e. The van der Waals surface area contributed by atoms with E-state index in [1.807, 2.05) is 22.9 Å². The normalized spacial score (nSPS) is 13.8. The third kappa shape index (κ3) is 6.96. The Bertz CT molecular complexity index is 713. The molecule has 0 aromatic carbocycles. The molecule has 3 rings (SSSR count). The van der Waals surface area contributed by atoms with Crippen molar-refractivity contribution in [3.05, 3.63) is 36.0 Å². The molecule has 0 saturated heterocycles. The zero-order chi connectivity index (χ0) is 18.2. The summed E-state index contributed by atoms with van der Waals surface area (Å²) in [5, 5.41) is 14.6. The molecule has 2 aromatic heterocycles. The van der Waals surface area contributed by atoms with Gasteiger partial charge in [0.1, 0.15) is 12.2 Å². The van der Waals surface area contributed by atoms with Crippen LogP contribution in [-0.4, -0.2) is 45.9 Å². The Balaban J connectivity index is 0.00000261. The molecule has 1 aliphatic rings. The first kappa shape index (κ1) is 21.4. The van der Waals surface area contributed by atoms with E-state index in [1.54, 1.807) is 13.4 Å². The van der Waals surface area contributed by atoms with Crippen molar-refractivity contribution in [2.24, 2.45) is 10.9 Å². The summed E-state index contributed by atoms with van der Waals surface area (Å²) in [6.45, 7) is 5.06. The summed E-state index contributed by atoms with van der Waals surface area (Å²) in [6.07, 6.45) is 7.04. The second kappa shape index (κ2) is 11.1. The number of pyridine rings is 1. The topological polar surface area (TPSA) is 89.2 Å². The molecule has 2 aromatic rings. The summed E-state index contributed by atoms with van der Waals surface area (Å²) in [4.78, 5) is 8.60. The molecule has 1 saturated carbocycles. The molecule has 0 unspecified atom stereocenters. The Kier molecular flexibility index (Phi) is 8.76. The fraction of sp³-hybridized carbons (Fsp3) is 0.556. The van der Waals surface area contributed by atoms with Crippen LogP contribution >= 0.6 is 24.0 Å². The lowest BCUT2D eigenvalue weighted by molar-refractivity contribution is 0.288. The van der Waals surface area contributed by atoms with Crippen LogP contribution in [0, 0.1) is 5.92 Å². The molecule has 9 heteroatoms. The van der Waals surface area contributed by atoms with Crippen molar-refractivity contribution in [1.82, 2.24) is 30.4 Å². The highest BCUT2D eigenvalue weighted by Gasteiger charge is 2.22. The van der Waals surface area contributed by atoms with Crippen LogP contribution in [0.3, 0.4) is 0 Å². The van der Waals surface area contributed by atoms with Crippen molar-refractivity contribution in [2.75, 3.05) is 20.2 Å². The number of aryl methyl sites for hydroxylation is 1. The zero-order valence-electron chi connectivity index (χ0n) is 15.9. The Hall–Kier alpha value is -1.91. The van der Waals surface area contributed by atoms with Gasteiger partial charge in [-0.3, -0.25) is 4.99 Å². The molecule has 0 spiro atoms. The van der Waals surface area contributed by atoms with Crippen LogP contribution < -0.4 is 15.4 Å². The highest BCUT2D eigenvalue weighted by atomic mass is 127. The maximum absolute atomic E-state index is 5.66. The van der Waals surface area contributed by atoms with E-state index in [-0.39, 0.29) is 24.0 Å². The minimum absolute atomic E-state index is 0. The Labute approximate surface area is 177 Å². The summed E-state index contributed by atoms with van der Waals surface area (Å²) in [5.74, 6) is 3.18. The molecule has 0 atom stereocenters. The Morgan fingerprint density at radius 2 is 2.19 bits per heavy atom. The van der Waals surface area contributed by atoms with E-state index in [0.29, 0.717) is 12.4 Å². The van der Waals surface area contributed by atoms with Crippen LogP contribution in [0.25, 0.3) is 0 Å². The average molecular weight is 485 g/mol. The number of guanidine groups is 1. The second-order valence-electron chi connectivity index (χ2n) is 6.41. The van der Waals surface area contributed by atoms with Gasteiger partial charge in [-0.25, -0.2) is 4.98 Å². The molecule has 1 fully saturated rings. The minimum atomic E-state index is 0. The maximum atomic E-state index is 5.66. The van der Waals surface area contributed by atoms with Crippen LogP contribution in [0.15, 0.2) is 29.6 Å². The average Bonchev–Trinajstić information content (AvgIpc) is 3.40. The van der Waals surface area contributed by atoms with Crippen LogP contribution in [0.5, 0.6) is 5.88 Å². The number of aromatic nitrogens is 4. The van der Waals surface area contributed by atoms with Gasteiger partial charge in [0.25, 0.3) is 0 Å². The van der Waals surface area contributed by atoms with Crippen molar-refractivity contribution < 1.29 is 4.74 Å². The lowest BCUT2D eigenvalue weighted by Gasteiger charge is -2.13. The molecule has 2 N–H and O–H groups in total. The number of halogens is 1. The molecule has 2 heterocycles. The first-order valence-electron chi connectivity index (χ1n) is 9.17. The highest BCUT2D eigenvalue weighted by molar-refractivity contribution is 14.0. The molecule has 0 bridgehead atoms. The summed E-state index contributed by atoms with van der Waals surface area (Å²) < 4.78 is 7.71. The van der Waals surface area contributed by atoms with Crippen LogP contribution in [0.4, 0.5) is 0 Å². The molecule has 27 heavy (non-hydrogen) atoms. The monoisotopic (exact) mass is 485 g/mol. The van der Waals surface area contributed by atoms with E-state index in [4.69, 9.17) is 4.74 Å². The second-order valence-corrected chi connectivity index (χ2v) is 6.41. The quantitative estimate of drug-likeness (QED) is 0.321. The van der Waals surface area contributed by atoms with Gasteiger partial charge in [-0.15, -0.1) is 34.2 Å². The van der Waals surface area contributed by atoms with E-state index in [9.17, 15) is 0 Å². The first-order chi connectivity index (χ1) is 12.8. The van der Waals surface area contributed by atoms with E-state index >= 15 is 0 Å². The third-order valence-corrected chi connectivity index (χ3v) is 4.30. The molecular weight excluding hydrogens is 457 g/mol. The zero-order valence-corrected chi connectivity index (χ0v) is 18.2. The van der Waals surface area contributed by atoms with Gasteiger partial charge in [-0.2, -0.15) is 0 Å². The predicted octanol–water partition coefficient (Wildman–Crippen LogP) is 2.01. The van der Waals surface area contributed by atoms with E-state index < -0.39 is 0 Å². The number of ether oxygens (including phenoxy) is 1. The highest BCUT2D eigenvalue weighted by Crippen LogP contribution is 2.29. The van der Waals surface area contributed by atoms with E-state index in [1.165, 1.54) is 12.8 Å². The lowest BCUT2D eigenvalue weighted by atomic mass is 10.3. The number of nitrogens with one attached hydrogen (secondary N) is 2. The summed E-state index contributed by atoms with van der Waals surface area (Å²) >= 11 is 0. The summed E-state index contributed by atoms with van der Waals surface area (Å²) in [7, 11) is 1.76. The van der Waals surface area contributed by atoms with Crippen molar-refractivity contribution >= 4 is 29.9 Å². The van der Waals surface area contributed by atoms with Gasteiger partial charge >= 0.3 is 0 Å². The summed E-state index contributed by atoms with van der Waals surface area (Å²) in [5.41, 5.74) is 1.08. The van der Waals surface area contributed by atoms with Crippen LogP contribution in [-0.2, 0) is 19.5 Å². The van der Waals surface area contributed by atoms with Crippen molar-refractivity contribution in [1.29, 1.82) is 0 Å². The Morgan fingerprint density at radius 1 is 1.33 bits per heavy atom. The Morgan fingerprint density at radius 3 is 2.85 bits per heavy atom. The van der Waals surface area contributed by atoms with Gasteiger partial charge in [0.2, 0.25) is 5.88 Å². The molecule has 0 amide bonds. The van der Waals surface area contributed by atoms with Crippen LogP contribution in [0.2, 0.25) is 0 Å². The molecular formula is C18H28IN7O. The van der Waals surface area contributed by atoms with Gasteiger partial charge in [0, 0.05) is 45.4 Å². The smallest absolute Gasteiger partial charge is 0.213 e. The van der Waals surface area contributed by atoms with Crippen molar-refractivity contribution in [3.8, 4) is 5.88 Å². The SMILES string of the molecule is CCc1nncn1CCNC(=NC)NCc1ccc(OCC2CC2)nc1.I. The third-order valence-electron chi connectivity index (χ3n) is 4.30. The summed E-state index contributed by atoms with van der Waals surface area (Å²) in [6, 6.07) is 3.95. The van der Waals surface area contributed by atoms with Gasteiger partial charge in [-0.1, -0.05) is 13.0 Å². The van der Waals surface area contributed by atoms with Crippen molar-refractivity contribution in [2.45, 2.75) is 39.3 Å². The number of hydrogen-bond donors (Lipinski definition) is 2. The molecule has 0 aliphatic heterocycles. The number of nitrogens with zero attached hydrogens (tertiary/aromatic N) is 5. The van der Waals surface area contributed by atoms with Crippen LogP contribution in [0.1, 0.15) is 31.2 Å². The van der Waals surface area contributed by atoms with Gasteiger partial charge in [-0.05, 0) is 24.3 Å². The van der Waals surface area contributed by atoms with Gasteiger partial charge in [0.05, 0.1) is 6.61 Å². The molecule has 8 nitrogen and oxygen atoms in total. The number of aliphatic imine (C=N–C) groups is 1. The largest absolute Gasteiger partial charge is 0.477 e. The predicted molar refractivity (Wildman–Crippen MR) is 115 cm³/mol.